The lowest BCUT2D eigenvalue weighted by Crippen LogP contribution is -2.42. The van der Waals surface area contributed by atoms with Crippen LogP contribution in [0.15, 0.2) is 30.5 Å². The van der Waals surface area contributed by atoms with Gasteiger partial charge in [-0.25, -0.2) is 4.79 Å². The predicted octanol–water partition coefficient (Wildman–Crippen LogP) is 1.34. The molecule has 3 rings (SSSR count). The van der Waals surface area contributed by atoms with Crippen molar-refractivity contribution in [2.75, 3.05) is 25.5 Å². The molecule has 0 aliphatic carbocycles. The number of hydrogen-bond acceptors (Lipinski definition) is 10. The molecule has 7 N–H and O–H groups in total. The van der Waals surface area contributed by atoms with Crippen LogP contribution in [0.1, 0.15) is 54.1 Å². The fourth-order valence-corrected chi connectivity index (χ4v) is 3.87. The number of nitrogens with zero attached hydrogens (tertiary/aromatic N) is 2. The number of rotatable bonds is 11. The maximum absolute atomic E-state index is 12.8. The Balaban J connectivity index is 1.77. The molecule has 2 atom stereocenters. The van der Waals surface area contributed by atoms with Crippen molar-refractivity contribution in [1.82, 2.24) is 20.3 Å². The summed E-state index contributed by atoms with van der Waals surface area (Å²) in [5, 5.41) is 13.3. The molecule has 0 saturated carbocycles. The summed E-state index contributed by atoms with van der Waals surface area (Å²) in [6.45, 7) is 3.92. The number of carbonyl (C=O) groups excluding carboxylic acids is 3. The minimum Gasteiger partial charge on any atom is -0.493 e. The number of fused-ring (bicyclic) bond motifs is 1. The van der Waals surface area contributed by atoms with Gasteiger partial charge >= 0.3 is 11.9 Å². The van der Waals surface area contributed by atoms with Gasteiger partial charge in [0, 0.05) is 30.6 Å². The average molecular weight is 499 g/mol. The van der Waals surface area contributed by atoms with Crippen LogP contribution in [0.3, 0.4) is 0 Å². The van der Waals surface area contributed by atoms with E-state index < -0.39 is 23.9 Å². The number of nitrogen functional groups attached to an aromatic ring is 1. The summed E-state index contributed by atoms with van der Waals surface area (Å²) in [6, 6.07) is 5.67. The van der Waals surface area contributed by atoms with E-state index in [1.807, 2.05) is 0 Å². The molecule has 36 heavy (non-hydrogen) atoms. The number of nitrogens with one attached hydrogen (secondary N) is 2. The molecule has 192 valence electrons. The lowest BCUT2D eigenvalue weighted by Gasteiger charge is -2.18. The van der Waals surface area contributed by atoms with E-state index in [9.17, 15) is 19.5 Å². The Morgan fingerprint density at radius 1 is 1.11 bits per heavy atom. The highest BCUT2D eigenvalue weighted by atomic mass is 16.5. The maximum Gasteiger partial charge on any atom is 0.328 e. The molecule has 0 saturated heterocycles. The Bertz CT molecular complexity index is 1230. The van der Waals surface area contributed by atoms with Gasteiger partial charge in [-0.05, 0) is 43.5 Å². The van der Waals surface area contributed by atoms with Crippen molar-refractivity contribution in [3.63, 3.8) is 0 Å². The van der Waals surface area contributed by atoms with Crippen molar-refractivity contribution in [2.45, 2.75) is 38.6 Å². The summed E-state index contributed by atoms with van der Waals surface area (Å²) in [7, 11) is 0. The molecule has 0 radical (unpaired) electrons. The van der Waals surface area contributed by atoms with Crippen molar-refractivity contribution in [3.8, 4) is 5.88 Å². The number of carbonyl (C=O) groups is 3. The molecule has 12 nitrogen and oxygen atoms in total. The number of amides is 1. The molecule has 2 aromatic heterocycles. The van der Waals surface area contributed by atoms with E-state index in [-0.39, 0.29) is 50.3 Å². The Hall–Kier alpha value is -4.19. The second-order valence-electron chi connectivity index (χ2n) is 7.91. The van der Waals surface area contributed by atoms with Crippen molar-refractivity contribution < 1.29 is 29.0 Å². The zero-order chi connectivity index (χ0) is 26.2. The van der Waals surface area contributed by atoms with Crippen LogP contribution in [-0.2, 0) is 19.1 Å². The Morgan fingerprint density at radius 2 is 1.81 bits per heavy atom. The zero-order valence-corrected chi connectivity index (χ0v) is 20.1. The second-order valence-corrected chi connectivity index (χ2v) is 7.91. The summed E-state index contributed by atoms with van der Waals surface area (Å²) in [6.07, 6.45) is 1.69. The number of aromatic hydroxyl groups is 1. The number of anilines is 1. The van der Waals surface area contributed by atoms with Crippen molar-refractivity contribution in [2.24, 2.45) is 5.73 Å². The van der Waals surface area contributed by atoms with E-state index in [1.165, 1.54) is 0 Å². The van der Waals surface area contributed by atoms with Crippen LogP contribution in [-0.4, -0.2) is 63.7 Å². The van der Waals surface area contributed by atoms with Crippen LogP contribution in [0.4, 0.5) is 5.95 Å². The zero-order valence-electron chi connectivity index (χ0n) is 20.1. The number of aromatic amines is 1. The van der Waals surface area contributed by atoms with Gasteiger partial charge in [0.2, 0.25) is 11.8 Å². The maximum atomic E-state index is 12.8. The second kappa shape index (κ2) is 12.0. The standard InChI is InChI=1S/C24H30N6O6/c1-3-35-18(31)10-9-17(23(34)36-4-2)28-21(32)14-7-5-13(6-8-14)15(11-25)16-12-27-20-19(16)22(33)30-24(26)29-20/h5-8,12,15,17H,3-4,9-11,25H2,1-2H3,(H,28,32)(H4,26,27,29,30,33)/t15?,17-/m1/s1. The number of benzene rings is 1. The normalized spacial score (nSPS) is 12.6. The average Bonchev–Trinajstić information content (AvgIpc) is 3.26. The highest BCUT2D eigenvalue weighted by molar-refractivity contribution is 5.97. The van der Waals surface area contributed by atoms with Crippen molar-refractivity contribution in [3.05, 3.63) is 47.2 Å². The molecule has 12 heteroatoms. The molecule has 0 fully saturated rings. The number of esters is 2. The third-order valence-electron chi connectivity index (χ3n) is 5.57. The van der Waals surface area contributed by atoms with E-state index in [2.05, 4.69) is 20.3 Å². The minimum absolute atomic E-state index is 0.0401. The van der Waals surface area contributed by atoms with Crippen LogP contribution in [0.5, 0.6) is 5.88 Å². The van der Waals surface area contributed by atoms with E-state index in [0.717, 1.165) is 5.56 Å². The molecule has 2 heterocycles. The third kappa shape index (κ3) is 6.08. The van der Waals surface area contributed by atoms with Crippen LogP contribution in [0.2, 0.25) is 0 Å². The summed E-state index contributed by atoms with van der Waals surface area (Å²) in [5.74, 6) is -2.23. The third-order valence-corrected chi connectivity index (χ3v) is 5.57. The lowest BCUT2D eigenvalue weighted by atomic mass is 9.91. The first-order valence-electron chi connectivity index (χ1n) is 11.6. The SMILES string of the molecule is CCOC(=O)CC[C@@H](NC(=O)c1ccc(C(CN)c2c[nH]c3nc(N)nc(O)c23)cc1)C(=O)OCC. The van der Waals surface area contributed by atoms with E-state index in [1.54, 1.807) is 44.3 Å². The molecule has 1 unspecified atom stereocenters. The Kier molecular flexibility index (Phi) is 8.79. The van der Waals surface area contributed by atoms with Gasteiger partial charge < -0.3 is 36.3 Å². The number of aromatic nitrogens is 3. The lowest BCUT2D eigenvalue weighted by molar-refractivity contribution is -0.146. The first-order valence-corrected chi connectivity index (χ1v) is 11.6. The minimum atomic E-state index is -1.00. The predicted molar refractivity (Wildman–Crippen MR) is 131 cm³/mol. The Labute approximate surface area is 207 Å². The first kappa shape index (κ1) is 26.4. The largest absolute Gasteiger partial charge is 0.493 e. The molecular weight excluding hydrogens is 468 g/mol. The Morgan fingerprint density at radius 3 is 2.44 bits per heavy atom. The smallest absolute Gasteiger partial charge is 0.328 e. The van der Waals surface area contributed by atoms with Crippen molar-refractivity contribution >= 4 is 34.8 Å². The van der Waals surface area contributed by atoms with Gasteiger partial charge in [-0.2, -0.15) is 9.97 Å². The van der Waals surface area contributed by atoms with E-state index >= 15 is 0 Å². The van der Waals surface area contributed by atoms with Gasteiger partial charge in [0.15, 0.2) is 0 Å². The fourth-order valence-electron chi connectivity index (χ4n) is 3.87. The van der Waals surface area contributed by atoms with Crippen LogP contribution in [0, 0.1) is 0 Å². The van der Waals surface area contributed by atoms with Gasteiger partial charge in [-0.3, -0.25) is 9.59 Å². The molecule has 0 aliphatic heterocycles. The van der Waals surface area contributed by atoms with Crippen LogP contribution >= 0.6 is 0 Å². The van der Waals surface area contributed by atoms with Crippen molar-refractivity contribution in [1.29, 1.82) is 0 Å². The first-order chi connectivity index (χ1) is 17.3. The molecule has 0 aliphatic rings. The van der Waals surface area contributed by atoms with Crippen LogP contribution < -0.4 is 16.8 Å². The summed E-state index contributed by atoms with van der Waals surface area (Å²) >= 11 is 0. The number of hydrogen-bond donors (Lipinski definition) is 5. The van der Waals surface area contributed by atoms with Gasteiger partial charge in [-0.15, -0.1) is 0 Å². The van der Waals surface area contributed by atoms with E-state index in [0.29, 0.717) is 22.2 Å². The molecule has 3 aromatic rings. The molecule has 0 spiro atoms. The van der Waals surface area contributed by atoms with Gasteiger partial charge in [-0.1, -0.05) is 12.1 Å². The summed E-state index contributed by atoms with van der Waals surface area (Å²) in [5.41, 5.74) is 13.8. The summed E-state index contributed by atoms with van der Waals surface area (Å²) in [4.78, 5) is 47.7. The summed E-state index contributed by atoms with van der Waals surface area (Å²) < 4.78 is 9.92. The number of ether oxygens (including phenoxy) is 2. The van der Waals surface area contributed by atoms with Gasteiger partial charge in [0.05, 0.1) is 18.6 Å². The van der Waals surface area contributed by atoms with Gasteiger partial charge in [0.25, 0.3) is 5.91 Å². The van der Waals surface area contributed by atoms with Gasteiger partial charge in [0.1, 0.15) is 11.7 Å². The molecule has 1 amide bonds. The number of H-pyrrole nitrogens is 1. The highest BCUT2D eigenvalue weighted by Gasteiger charge is 2.25. The molecule has 1 aromatic carbocycles. The quantitative estimate of drug-likeness (QED) is 0.241. The number of nitrogens with two attached hydrogens (primary N) is 2. The molecule has 0 bridgehead atoms. The van der Waals surface area contributed by atoms with Crippen LogP contribution in [0.25, 0.3) is 11.0 Å². The monoisotopic (exact) mass is 498 g/mol. The van der Waals surface area contributed by atoms with E-state index in [4.69, 9.17) is 20.9 Å². The highest BCUT2D eigenvalue weighted by Crippen LogP contribution is 2.34. The topological polar surface area (TPSA) is 196 Å². The fraction of sp³-hybridized carbons (Fsp3) is 0.375. The molecular formula is C24H30N6O6.